The molecule has 4 aromatic carbocycles. The van der Waals surface area contributed by atoms with Crippen LogP contribution < -0.4 is 0 Å². The molecule has 2 aliphatic carbocycles. The maximum absolute atomic E-state index is 9.36. The molecule has 0 radical (unpaired) electrons. The Morgan fingerprint density at radius 3 is 1.22 bits per heavy atom. The molecule has 0 fully saturated rings. The Bertz CT molecular complexity index is 2130. The van der Waals surface area contributed by atoms with Crippen LogP contribution in [-0.2, 0) is 27.0 Å². The Kier molecular flexibility index (Phi) is 13.0. The third-order valence-electron chi connectivity index (χ3n) is 13.9. The van der Waals surface area contributed by atoms with Gasteiger partial charge in [0, 0.05) is 0 Å². The van der Waals surface area contributed by atoms with Crippen molar-refractivity contribution in [2.45, 2.75) is 139 Å². The van der Waals surface area contributed by atoms with Gasteiger partial charge in [0.15, 0.2) is 0 Å². The molecule has 1 nitrogen and oxygen atoms in total. The van der Waals surface area contributed by atoms with E-state index in [-0.39, 0.29) is 18.1 Å². The van der Waals surface area contributed by atoms with Crippen molar-refractivity contribution >= 4 is 50.6 Å². The molecule has 0 aliphatic heterocycles. The Labute approximate surface area is 370 Å². The topological polar surface area (TPSA) is 3.24 Å². The first-order chi connectivity index (χ1) is 27.2. The summed E-state index contributed by atoms with van der Waals surface area (Å²) in [5, 5.41) is 0. The van der Waals surface area contributed by atoms with Crippen LogP contribution in [0.2, 0.25) is 39.3 Å². The number of benzene rings is 4. The van der Waals surface area contributed by atoms with E-state index >= 15 is 0 Å². The first kappa shape index (κ1) is 46.8. The number of hydrogen-bond acceptors (Lipinski definition) is 1. The van der Waals surface area contributed by atoms with Gasteiger partial charge in [-0.3, -0.25) is 0 Å². The van der Waals surface area contributed by atoms with Crippen LogP contribution >= 0.6 is 17.0 Å². The zero-order valence-electron chi connectivity index (χ0n) is 39.4. The third kappa shape index (κ3) is 8.67. The van der Waals surface area contributed by atoms with E-state index in [0.717, 1.165) is 17.8 Å². The first-order valence-corrected chi connectivity index (χ1v) is 40.3. The van der Waals surface area contributed by atoms with Gasteiger partial charge in [0.25, 0.3) is 0 Å². The molecule has 0 amide bonds. The molecule has 2 aliphatic rings. The summed E-state index contributed by atoms with van der Waals surface area (Å²) in [7, 11) is 14.9. The fraction of sp³-hybridized carbons (Fsp3) is 0.462. The summed E-state index contributed by atoms with van der Waals surface area (Å²) in [6.07, 6.45) is 7.23. The maximum atomic E-state index is 9.36. The van der Waals surface area contributed by atoms with Gasteiger partial charge in [0.1, 0.15) is 0 Å². The van der Waals surface area contributed by atoms with E-state index in [1.807, 2.05) is 0 Å². The number of hydrogen-bond donors (Lipinski definition) is 0. The Hall–Kier alpha value is -1.72. The number of halogens is 2. The van der Waals surface area contributed by atoms with Gasteiger partial charge in [-0.15, -0.1) is 0 Å². The molecule has 4 atom stereocenters. The molecule has 0 saturated carbocycles. The van der Waals surface area contributed by atoms with Gasteiger partial charge in [0.2, 0.25) is 0 Å². The normalized spacial score (nSPS) is 19.1. The van der Waals surface area contributed by atoms with E-state index in [9.17, 15) is 17.0 Å². The van der Waals surface area contributed by atoms with Crippen LogP contribution in [0.15, 0.2) is 96.1 Å². The van der Waals surface area contributed by atoms with Gasteiger partial charge < -0.3 is 0 Å². The molecular weight excluding hydrogens is 868 g/mol. The minimum atomic E-state index is -5.45. The summed E-state index contributed by atoms with van der Waals surface area (Å²) in [5.74, 6) is 0.662. The number of fused-ring (bicyclic) bond motifs is 2. The SMILES string of the molecule is CCC(C)C1=Cc2c(-c3ccccc3C(C)(C)C)cccc2[CH]1[Zr]([Cl])([Cl])([BH]N([Si](C)(C)C)[Si](C)(C)C)[CH]1C(C(C)CC)=Cc2c(-c3ccccc3C(C)(C)C)cccc21. The molecule has 0 aromatic heterocycles. The van der Waals surface area contributed by atoms with Crippen molar-refractivity contribution in [3.05, 3.63) is 129 Å². The molecule has 4 unspecified atom stereocenters. The van der Waals surface area contributed by atoms with Gasteiger partial charge >= 0.3 is 374 Å². The number of rotatable bonds is 12. The zero-order chi connectivity index (χ0) is 43.7. The van der Waals surface area contributed by atoms with Gasteiger partial charge in [-0.2, -0.15) is 0 Å². The van der Waals surface area contributed by atoms with Crippen LogP contribution in [0, 0.1) is 11.8 Å². The average Bonchev–Trinajstić information content (AvgIpc) is 3.76. The molecule has 4 aromatic rings. The van der Waals surface area contributed by atoms with E-state index in [1.165, 1.54) is 66.8 Å². The van der Waals surface area contributed by atoms with Gasteiger partial charge in [-0.05, 0) is 0 Å². The van der Waals surface area contributed by atoms with Crippen molar-refractivity contribution in [3.63, 3.8) is 0 Å². The Balaban J connectivity index is 1.75. The van der Waals surface area contributed by atoms with Crippen LogP contribution in [-0.4, -0.2) is 25.6 Å². The van der Waals surface area contributed by atoms with E-state index in [2.05, 4.69) is 210 Å². The molecular formula is C52H73BCl2NSi2Zr. The third-order valence-corrected chi connectivity index (χ3v) is 40.8. The van der Waals surface area contributed by atoms with Crippen molar-refractivity contribution in [1.29, 1.82) is 0 Å². The second kappa shape index (κ2) is 16.4. The monoisotopic (exact) mass is 938 g/mol. The summed E-state index contributed by atoms with van der Waals surface area (Å²) < 4.78 is 2.90. The Morgan fingerprint density at radius 1 is 0.559 bits per heavy atom. The summed E-state index contributed by atoms with van der Waals surface area (Å²) in [4.78, 5) is 0.803. The molecule has 0 N–H and O–H groups in total. The average molecular weight is 941 g/mol. The first-order valence-electron chi connectivity index (χ1n) is 22.5. The van der Waals surface area contributed by atoms with E-state index < -0.39 is 32.6 Å². The predicted octanol–water partition coefficient (Wildman–Crippen LogP) is 16.5. The van der Waals surface area contributed by atoms with Crippen molar-refractivity contribution in [2.24, 2.45) is 11.8 Å². The second-order valence-corrected chi connectivity index (χ2v) is 54.4. The Morgan fingerprint density at radius 2 is 0.898 bits per heavy atom. The predicted molar refractivity (Wildman–Crippen MR) is 269 cm³/mol. The van der Waals surface area contributed by atoms with Crippen molar-refractivity contribution in [1.82, 2.24) is 4.14 Å². The van der Waals surface area contributed by atoms with Gasteiger partial charge in [0.05, 0.1) is 0 Å². The number of allylic oxidation sites excluding steroid dienone is 2. The molecule has 59 heavy (non-hydrogen) atoms. The van der Waals surface area contributed by atoms with Crippen molar-refractivity contribution < 1.29 is 16.2 Å². The molecule has 0 bridgehead atoms. The molecule has 6 rings (SSSR count). The minimum absolute atomic E-state index is 0.00816. The molecule has 0 spiro atoms. The van der Waals surface area contributed by atoms with Gasteiger partial charge in [-0.25, -0.2) is 0 Å². The quantitative estimate of drug-likeness (QED) is 0.128. The van der Waals surface area contributed by atoms with Crippen LogP contribution in [0.4, 0.5) is 0 Å². The van der Waals surface area contributed by atoms with Gasteiger partial charge in [-0.1, -0.05) is 0 Å². The standard InChI is InChI=1S/2C23H27.C6H19BNSi2.2ClH.Zr/c2*1-6-16(2)18-14-17-10-9-12-19(21(17)15-18)20-11-7-8-13-22(20)23(3,4)5;1-9(2,3)8(7)10(4,5)6;;;/h2*7-16H,6H2,1-5H3;7H,1-6H3;2*1H;/q;;+1;;;+1/p-2. The van der Waals surface area contributed by atoms with Crippen molar-refractivity contribution in [2.75, 3.05) is 0 Å². The van der Waals surface area contributed by atoms with Crippen molar-refractivity contribution in [3.8, 4) is 22.3 Å². The fourth-order valence-corrected chi connectivity index (χ4v) is 53.1. The van der Waals surface area contributed by atoms with Crippen LogP contribution in [0.25, 0.3) is 34.4 Å². The molecule has 0 saturated heterocycles. The summed E-state index contributed by atoms with van der Waals surface area (Å²) in [5.41, 5.74) is 16.3. The molecule has 7 heteroatoms. The fourth-order valence-electron chi connectivity index (χ4n) is 10.8. The van der Waals surface area contributed by atoms with Crippen LogP contribution in [0.5, 0.6) is 0 Å². The van der Waals surface area contributed by atoms with E-state index in [0.29, 0.717) is 11.8 Å². The second-order valence-electron chi connectivity index (χ2n) is 22.3. The molecule has 315 valence electrons. The molecule has 0 heterocycles. The van der Waals surface area contributed by atoms with E-state index in [4.69, 9.17) is 0 Å². The zero-order valence-corrected chi connectivity index (χ0v) is 45.3. The van der Waals surface area contributed by atoms with E-state index in [1.54, 1.807) is 0 Å². The summed E-state index contributed by atoms with van der Waals surface area (Å²) in [6.45, 7) is 38.7. The van der Waals surface area contributed by atoms with Crippen LogP contribution in [0.1, 0.15) is 123 Å². The summed E-state index contributed by atoms with van der Waals surface area (Å²) >= 11 is -5.45. The number of nitrogens with zero attached hydrogens (tertiary/aromatic N) is 1. The summed E-state index contributed by atoms with van der Waals surface area (Å²) in [6, 6.07) is 32.3. The van der Waals surface area contributed by atoms with Crippen LogP contribution in [0.3, 0.4) is 0 Å².